The van der Waals surface area contributed by atoms with Gasteiger partial charge in [0.1, 0.15) is 0 Å². The number of ether oxygens (including phenoxy) is 1. The van der Waals surface area contributed by atoms with Crippen molar-refractivity contribution in [1.82, 2.24) is 15.2 Å². The van der Waals surface area contributed by atoms with Crippen LogP contribution in [-0.2, 0) is 4.74 Å². The molecule has 3 rings (SSSR count). The number of amides is 2. The first-order valence-corrected chi connectivity index (χ1v) is 8.50. The number of aromatic nitrogens is 1. The van der Waals surface area contributed by atoms with E-state index in [1.165, 1.54) is 0 Å². The van der Waals surface area contributed by atoms with Gasteiger partial charge in [0.2, 0.25) is 0 Å². The van der Waals surface area contributed by atoms with Crippen molar-refractivity contribution in [3.05, 3.63) is 11.6 Å². The Morgan fingerprint density at radius 2 is 2.33 bits per heavy atom. The predicted molar refractivity (Wildman–Crippen MR) is 82.9 cm³/mol. The quantitative estimate of drug-likeness (QED) is 0.920. The molecule has 1 N–H and O–H groups in total. The third-order valence-electron chi connectivity index (χ3n) is 3.98. The molecule has 21 heavy (non-hydrogen) atoms. The number of carbonyl (C=O) groups is 1. The minimum absolute atomic E-state index is 0.0338. The molecule has 2 saturated heterocycles. The fourth-order valence-corrected chi connectivity index (χ4v) is 3.50. The zero-order valence-corrected chi connectivity index (χ0v) is 13.0. The van der Waals surface area contributed by atoms with Crippen LogP contribution < -0.4 is 10.2 Å². The summed E-state index contributed by atoms with van der Waals surface area (Å²) >= 11 is 1.65. The van der Waals surface area contributed by atoms with Gasteiger partial charge >= 0.3 is 6.03 Å². The Bertz CT molecular complexity index is 448. The Balaban J connectivity index is 1.46. The molecule has 0 radical (unpaired) electrons. The molecule has 2 fully saturated rings. The number of hydrogen-bond acceptors (Lipinski definition) is 5. The van der Waals surface area contributed by atoms with Crippen LogP contribution in [0, 0.1) is 0 Å². The molecule has 1 aromatic rings. The lowest BCUT2D eigenvalue weighted by molar-refractivity contribution is 0.109. The van der Waals surface area contributed by atoms with Crippen LogP contribution in [0.15, 0.2) is 11.6 Å². The summed E-state index contributed by atoms with van der Waals surface area (Å²) in [4.78, 5) is 20.7. The van der Waals surface area contributed by atoms with E-state index >= 15 is 0 Å². The molecule has 2 aliphatic heterocycles. The molecule has 1 atom stereocenters. The Hall–Kier alpha value is -1.34. The van der Waals surface area contributed by atoms with E-state index in [4.69, 9.17) is 4.74 Å². The summed E-state index contributed by atoms with van der Waals surface area (Å²) in [5.41, 5.74) is 0. The van der Waals surface area contributed by atoms with E-state index in [0.29, 0.717) is 6.54 Å². The van der Waals surface area contributed by atoms with Crippen molar-refractivity contribution in [2.75, 3.05) is 44.2 Å². The second-order valence-corrected chi connectivity index (χ2v) is 6.34. The van der Waals surface area contributed by atoms with Gasteiger partial charge in [-0.1, -0.05) is 0 Å². The number of rotatable bonds is 3. The molecule has 0 aromatic carbocycles. The Morgan fingerprint density at radius 1 is 1.38 bits per heavy atom. The van der Waals surface area contributed by atoms with Crippen LogP contribution in [0.2, 0.25) is 0 Å². The van der Waals surface area contributed by atoms with Crippen molar-refractivity contribution < 1.29 is 9.53 Å². The van der Waals surface area contributed by atoms with Crippen LogP contribution in [0.4, 0.5) is 9.93 Å². The molecule has 2 amide bonds. The lowest BCUT2D eigenvalue weighted by atomic mass is 10.2. The molecule has 0 saturated carbocycles. The van der Waals surface area contributed by atoms with Gasteiger partial charge in [-0.2, -0.15) is 0 Å². The molecule has 3 heterocycles. The zero-order valence-electron chi connectivity index (χ0n) is 12.2. The van der Waals surface area contributed by atoms with Crippen molar-refractivity contribution in [3.63, 3.8) is 0 Å². The average molecular weight is 310 g/mol. The Kier molecular flexibility index (Phi) is 4.92. The highest BCUT2D eigenvalue weighted by Gasteiger charge is 2.22. The lowest BCUT2D eigenvalue weighted by Crippen LogP contribution is -2.44. The molecular weight excluding hydrogens is 288 g/mol. The van der Waals surface area contributed by atoms with E-state index in [-0.39, 0.29) is 12.1 Å². The van der Waals surface area contributed by atoms with E-state index in [9.17, 15) is 4.79 Å². The lowest BCUT2D eigenvalue weighted by Gasteiger charge is -2.22. The maximum atomic E-state index is 12.2. The van der Waals surface area contributed by atoms with Crippen LogP contribution >= 0.6 is 11.3 Å². The third kappa shape index (κ3) is 3.85. The van der Waals surface area contributed by atoms with Crippen LogP contribution in [0.25, 0.3) is 0 Å². The summed E-state index contributed by atoms with van der Waals surface area (Å²) in [5.74, 6) is 0. The van der Waals surface area contributed by atoms with Crippen molar-refractivity contribution in [2.45, 2.75) is 25.4 Å². The van der Waals surface area contributed by atoms with Gasteiger partial charge in [-0.3, -0.25) is 0 Å². The number of nitrogens with zero attached hydrogens (tertiary/aromatic N) is 3. The first kappa shape index (κ1) is 14.6. The van der Waals surface area contributed by atoms with E-state index < -0.39 is 0 Å². The number of thiazole rings is 1. The molecule has 1 aromatic heterocycles. The Labute approximate surface area is 129 Å². The molecular formula is C14H22N4O2S. The van der Waals surface area contributed by atoms with Crippen LogP contribution in [0.5, 0.6) is 0 Å². The minimum atomic E-state index is 0.0338. The predicted octanol–water partition coefficient (Wildman–Crippen LogP) is 1.54. The number of hydrogen-bond donors (Lipinski definition) is 1. The van der Waals surface area contributed by atoms with Crippen LogP contribution in [0.3, 0.4) is 0 Å². The van der Waals surface area contributed by atoms with Crippen molar-refractivity contribution in [2.24, 2.45) is 0 Å². The molecule has 0 spiro atoms. The topological polar surface area (TPSA) is 57.7 Å². The average Bonchev–Trinajstić information content (AvgIpc) is 3.15. The highest BCUT2D eigenvalue weighted by Crippen LogP contribution is 2.19. The molecule has 0 bridgehead atoms. The number of anilines is 1. The monoisotopic (exact) mass is 310 g/mol. The summed E-state index contributed by atoms with van der Waals surface area (Å²) in [6.07, 6.45) is 5.17. The van der Waals surface area contributed by atoms with Crippen LogP contribution in [0.1, 0.15) is 19.3 Å². The van der Waals surface area contributed by atoms with E-state index in [1.54, 1.807) is 11.3 Å². The zero-order chi connectivity index (χ0) is 14.5. The molecule has 6 nitrogen and oxygen atoms in total. The Morgan fingerprint density at radius 3 is 3.10 bits per heavy atom. The largest absolute Gasteiger partial charge is 0.376 e. The fraction of sp³-hybridized carbons (Fsp3) is 0.714. The minimum Gasteiger partial charge on any atom is -0.376 e. The van der Waals surface area contributed by atoms with Crippen molar-refractivity contribution in [3.8, 4) is 0 Å². The number of nitrogens with one attached hydrogen (secondary N) is 1. The van der Waals surface area contributed by atoms with Gasteiger partial charge in [0.15, 0.2) is 5.13 Å². The smallest absolute Gasteiger partial charge is 0.317 e. The highest BCUT2D eigenvalue weighted by atomic mass is 32.1. The summed E-state index contributed by atoms with van der Waals surface area (Å²) in [7, 11) is 0. The first-order chi connectivity index (χ1) is 10.3. The van der Waals surface area contributed by atoms with Gasteiger partial charge in [-0.05, 0) is 19.3 Å². The summed E-state index contributed by atoms with van der Waals surface area (Å²) in [6.45, 7) is 4.82. The van der Waals surface area contributed by atoms with Gasteiger partial charge in [-0.15, -0.1) is 11.3 Å². The van der Waals surface area contributed by atoms with Gasteiger partial charge in [-0.25, -0.2) is 9.78 Å². The fourth-order valence-electron chi connectivity index (χ4n) is 2.80. The van der Waals surface area contributed by atoms with Crippen molar-refractivity contribution >= 4 is 22.5 Å². The first-order valence-electron chi connectivity index (χ1n) is 7.62. The standard InChI is InChI=1S/C14H22N4O2S/c19-13(16-11-12-3-1-9-20-12)17-5-2-6-18(8-7-17)14-15-4-10-21-14/h4,10,12H,1-3,5-9,11H2,(H,16,19)/t12-/m0/s1. The van der Waals surface area contributed by atoms with E-state index in [0.717, 1.165) is 57.2 Å². The van der Waals surface area contributed by atoms with E-state index in [1.807, 2.05) is 16.5 Å². The molecule has 2 aliphatic rings. The van der Waals surface area contributed by atoms with Crippen molar-refractivity contribution in [1.29, 1.82) is 0 Å². The van der Waals surface area contributed by atoms with Gasteiger partial charge in [0.25, 0.3) is 0 Å². The molecule has 0 aliphatic carbocycles. The molecule has 7 heteroatoms. The normalized spacial score (nSPS) is 23.1. The van der Waals surface area contributed by atoms with Crippen LogP contribution in [-0.4, -0.2) is 61.3 Å². The number of carbonyl (C=O) groups excluding carboxylic acids is 1. The van der Waals surface area contributed by atoms with Gasteiger partial charge < -0.3 is 19.9 Å². The maximum absolute atomic E-state index is 12.2. The van der Waals surface area contributed by atoms with Gasteiger partial charge in [0, 0.05) is 50.9 Å². The van der Waals surface area contributed by atoms with Gasteiger partial charge in [0.05, 0.1) is 6.10 Å². The maximum Gasteiger partial charge on any atom is 0.317 e. The second kappa shape index (κ2) is 7.09. The molecule has 116 valence electrons. The highest BCUT2D eigenvalue weighted by molar-refractivity contribution is 7.13. The van der Waals surface area contributed by atoms with E-state index in [2.05, 4.69) is 15.2 Å². The molecule has 0 unspecified atom stereocenters. The third-order valence-corrected chi connectivity index (χ3v) is 4.81. The summed E-state index contributed by atoms with van der Waals surface area (Å²) in [5, 5.41) is 6.05. The summed E-state index contributed by atoms with van der Waals surface area (Å²) < 4.78 is 5.53. The SMILES string of the molecule is O=C(NC[C@@H]1CCCO1)N1CCCN(c2nccs2)CC1. The second-order valence-electron chi connectivity index (χ2n) is 5.46. The summed E-state index contributed by atoms with van der Waals surface area (Å²) in [6, 6.07) is 0.0338. The number of urea groups is 1.